The second kappa shape index (κ2) is 6.47. The van der Waals surface area contributed by atoms with Crippen molar-refractivity contribution >= 4 is 5.69 Å². The molecule has 1 N–H and O–H groups in total. The third kappa shape index (κ3) is 4.82. The molecule has 1 aromatic carbocycles. The lowest BCUT2D eigenvalue weighted by atomic mass is 10.1. The smallest absolute Gasteiger partial charge is 0.359 e. The highest BCUT2D eigenvalue weighted by Gasteiger charge is 2.29. The lowest BCUT2D eigenvalue weighted by Crippen LogP contribution is -2.05. The maximum Gasteiger partial charge on any atom is 0.416 e. The molecule has 1 nitrogen and oxygen atoms in total. The molecule has 0 saturated heterocycles. The van der Waals surface area contributed by atoms with Crippen LogP contribution in [0, 0.1) is 0 Å². The van der Waals surface area contributed by atoms with E-state index in [1.54, 1.807) is 0 Å². The molecule has 100 valence electrons. The standard InChI is InChI=1S/C14H18F3N/c1-3-4-5-6-11(2)18-13-9-7-12(8-10-13)14(15,16)17/h7-10,18H,2-6H2,1H3. The first-order chi connectivity index (χ1) is 8.43. The maximum atomic E-state index is 12.3. The Morgan fingerprint density at radius 1 is 1.17 bits per heavy atom. The van der Waals surface area contributed by atoms with E-state index < -0.39 is 11.7 Å². The number of unbranched alkanes of at least 4 members (excludes halogenated alkanes) is 2. The van der Waals surface area contributed by atoms with Gasteiger partial charge in [0.05, 0.1) is 5.56 Å². The summed E-state index contributed by atoms with van der Waals surface area (Å²) in [5.41, 5.74) is 0.845. The Balaban J connectivity index is 2.51. The molecule has 0 spiro atoms. The van der Waals surface area contributed by atoms with Crippen LogP contribution in [0.2, 0.25) is 0 Å². The predicted octanol–water partition coefficient (Wildman–Crippen LogP) is 5.21. The molecule has 0 unspecified atom stereocenters. The number of benzene rings is 1. The zero-order chi connectivity index (χ0) is 13.6. The molecule has 0 heterocycles. The van der Waals surface area contributed by atoms with Crippen LogP contribution in [0.3, 0.4) is 0 Å². The van der Waals surface area contributed by atoms with Gasteiger partial charge >= 0.3 is 6.18 Å². The fourth-order valence-electron chi connectivity index (χ4n) is 1.60. The van der Waals surface area contributed by atoms with Crippen LogP contribution in [0.1, 0.15) is 38.2 Å². The Morgan fingerprint density at radius 2 is 1.78 bits per heavy atom. The van der Waals surface area contributed by atoms with Crippen molar-refractivity contribution in [3.63, 3.8) is 0 Å². The summed E-state index contributed by atoms with van der Waals surface area (Å²) in [6.07, 6.45) is -0.129. The highest BCUT2D eigenvalue weighted by atomic mass is 19.4. The normalized spacial score (nSPS) is 11.3. The molecule has 1 rings (SSSR count). The van der Waals surface area contributed by atoms with Gasteiger partial charge in [0.2, 0.25) is 0 Å². The van der Waals surface area contributed by atoms with E-state index in [4.69, 9.17) is 0 Å². The number of nitrogens with one attached hydrogen (secondary N) is 1. The Morgan fingerprint density at radius 3 is 2.28 bits per heavy atom. The highest BCUT2D eigenvalue weighted by molar-refractivity contribution is 5.49. The summed E-state index contributed by atoms with van der Waals surface area (Å²) >= 11 is 0. The van der Waals surface area contributed by atoms with Gasteiger partial charge in [-0.05, 0) is 37.1 Å². The number of rotatable bonds is 6. The molecule has 0 aliphatic rings. The third-order valence-corrected chi connectivity index (χ3v) is 2.62. The average Bonchev–Trinajstić information content (AvgIpc) is 2.29. The summed E-state index contributed by atoms with van der Waals surface area (Å²) in [6.45, 7) is 5.98. The summed E-state index contributed by atoms with van der Waals surface area (Å²) < 4.78 is 37.0. The number of hydrogen-bond donors (Lipinski definition) is 1. The Hall–Kier alpha value is -1.45. The van der Waals surface area contributed by atoms with E-state index in [1.807, 2.05) is 0 Å². The van der Waals surface area contributed by atoms with E-state index in [-0.39, 0.29) is 0 Å². The number of alkyl halides is 3. The molecule has 0 atom stereocenters. The highest BCUT2D eigenvalue weighted by Crippen LogP contribution is 2.30. The summed E-state index contributed by atoms with van der Waals surface area (Å²) in [6, 6.07) is 4.99. The van der Waals surface area contributed by atoms with Crippen LogP contribution in [0.5, 0.6) is 0 Å². The molecule has 0 aliphatic carbocycles. The van der Waals surface area contributed by atoms with Gasteiger partial charge in [-0.2, -0.15) is 13.2 Å². The van der Waals surface area contributed by atoms with Crippen molar-refractivity contribution in [2.45, 2.75) is 38.8 Å². The Labute approximate surface area is 106 Å². The van der Waals surface area contributed by atoms with E-state index in [0.29, 0.717) is 5.69 Å². The van der Waals surface area contributed by atoms with Crippen LogP contribution >= 0.6 is 0 Å². The van der Waals surface area contributed by atoms with Crippen molar-refractivity contribution < 1.29 is 13.2 Å². The van der Waals surface area contributed by atoms with Gasteiger partial charge in [-0.1, -0.05) is 26.3 Å². The molecule has 0 aromatic heterocycles. The molecule has 0 amide bonds. The predicted molar refractivity (Wildman–Crippen MR) is 68.3 cm³/mol. The monoisotopic (exact) mass is 257 g/mol. The first-order valence-electron chi connectivity index (χ1n) is 6.05. The topological polar surface area (TPSA) is 12.0 Å². The van der Waals surface area contributed by atoms with E-state index in [9.17, 15) is 13.2 Å². The van der Waals surface area contributed by atoms with Crippen molar-refractivity contribution in [2.75, 3.05) is 5.32 Å². The minimum atomic E-state index is -4.28. The van der Waals surface area contributed by atoms with Crippen molar-refractivity contribution in [1.82, 2.24) is 0 Å². The second-order valence-corrected chi connectivity index (χ2v) is 4.26. The fraction of sp³-hybridized carbons (Fsp3) is 0.429. The van der Waals surface area contributed by atoms with E-state index in [1.165, 1.54) is 12.1 Å². The van der Waals surface area contributed by atoms with Gasteiger partial charge in [0.25, 0.3) is 0 Å². The zero-order valence-electron chi connectivity index (χ0n) is 10.5. The first kappa shape index (κ1) is 14.6. The summed E-state index contributed by atoms with van der Waals surface area (Å²) in [7, 11) is 0. The number of halogens is 3. The van der Waals surface area contributed by atoms with Crippen molar-refractivity contribution in [3.05, 3.63) is 42.1 Å². The van der Waals surface area contributed by atoms with E-state index in [0.717, 1.165) is 43.5 Å². The number of hydrogen-bond acceptors (Lipinski definition) is 1. The van der Waals surface area contributed by atoms with Crippen LogP contribution in [-0.4, -0.2) is 0 Å². The molecule has 0 bridgehead atoms. The molecule has 18 heavy (non-hydrogen) atoms. The van der Waals surface area contributed by atoms with Gasteiger partial charge in [-0.25, -0.2) is 0 Å². The van der Waals surface area contributed by atoms with Crippen molar-refractivity contribution in [3.8, 4) is 0 Å². The zero-order valence-corrected chi connectivity index (χ0v) is 10.5. The fourth-order valence-corrected chi connectivity index (χ4v) is 1.60. The summed E-state index contributed by atoms with van der Waals surface area (Å²) in [5, 5.41) is 3.02. The van der Waals surface area contributed by atoms with Crippen LogP contribution in [-0.2, 0) is 6.18 Å². The quantitative estimate of drug-likeness (QED) is 0.690. The molecule has 0 aliphatic heterocycles. The van der Waals surface area contributed by atoms with Crippen LogP contribution < -0.4 is 5.32 Å². The Kier molecular flexibility index (Phi) is 5.25. The van der Waals surface area contributed by atoms with Crippen molar-refractivity contribution in [1.29, 1.82) is 0 Å². The molecule has 4 heteroatoms. The molecule has 0 saturated carbocycles. The lowest BCUT2D eigenvalue weighted by Gasteiger charge is -2.11. The molecule has 1 aromatic rings. The minimum absolute atomic E-state index is 0.635. The molecule has 0 fully saturated rings. The Bertz CT molecular complexity index is 379. The minimum Gasteiger partial charge on any atom is -0.359 e. The van der Waals surface area contributed by atoms with E-state index in [2.05, 4.69) is 18.8 Å². The van der Waals surface area contributed by atoms with Gasteiger partial charge in [0.15, 0.2) is 0 Å². The van der Waals surface area contributed by atoms with Gasteiger partial charge in [-0.3, -0.25) is 0 Å². The van der Waals surface area contributed by atoms with E-state index >= 15 is 0 Å². The SMILES string of the molecule is C=C(CCCCC)Nc1ccc(C(F)(F)F)cc1. The number of allylic oxidation sites excluding steroid dienone is 1. The van der Waals surface area contributed by atoms with Crippen LogP contribution in [0.4, 0.5) is 18.9 Å². The average molecular weight is 257 g/mol. The van der Waals surface area contributed by atoms with Crippen LogP contribution in [0.15, 0.2) is 36.5 Å². The first-order valence-corrected chi connectivity index (χ1v) is 6.05. The molecular weight excluding hydrogens is 239 g/mol. The molecular formula is C14H18F3N. The van der Waals surface area contributed by atoms with Gasteiger partial charge in [-0.15, -0.1) is 0 Å². The number of anilines is 1. The largest absolute Gasteiger partial charge is 0.416 e. The van der Waals surface area contributed by atoms with Gasteiger partial charge < -0.3 is 5.32 Å². The summed E-state index contributed by atoms with van der Waals surface area (Å²) in [4.78, 5) is 0. The second-order valence-electron chi connectivity index (χ2n) is 4.26. The van der Waals surface area contributed by atoms with Crippen LogP contribution in [0.25, 0.3) is 0 Å². The molecule has 0 radical (unpaired) electrons. The maximum absolute atomic E-state index is 12.3. The van der Waals surface area contributed by atoms with Crippen molar-refractivity contribution in [2.24, 2.45) is 0 Å². The lowest BCUT2D eigenvalue weighted by molar-refractivity contribution is -0.137. The third-order valence-electron chi connectivity index (χ3n) is 2.62. The van der Waals surface area contributed by atoms with Gasteiger partial charge in [0, 0.05) is 11.4 Å². The summed E-state index contributed by atoms with van der Waals surface area (Å²) in [5.74, 6) is 0. The van der Waals surface area contributed by atoms with Gasteiger partial charge in [0.1, 0.15) is 0 Å².